The first-order valence-electron chi connectivity index (χ1n) is 15.2. The number of imide groups is 1. The van der Waals surface area contributed by atoms with Gasteiger partial charge in [-0.15, -0.1) is 23.2 Å². The van der Waals surface area contributed by atoms with E-state index in [0.717, 1.165) is 12.1 Å². The van der Waals surface area contributed by atoms with Gasteiger partial charge in [0, 0.05) is 17.7 Å². The van der Waals surface area contributed by atoms with Crippen LogP contribution in [-0.4, -0.2) is 39.5 Å². The number of carbonyl (C=O) groups excluding carboxylic acids is 4. The Balaban J connectivity index is 1.63. The second kappa shape index (κ2) is 14.5. The first-order chi connectivity index (χ1) is 24.1. The predicted molar refractivity (Wildman–Crippen MR) is 181 cm³/mol. The molecule has 0 aromatic heterocycles. The van der Waals surface area contributed by atoms with Crippen molar-refractivity contribution in [2.75, 3.05) is 15.5 Å². The van der Waals surface area contributed by atoms with E-state index in [1.54, 1.807) is 0 Å². The van der Waals surface area contributed by atoms with E-state index in [-0.39, 0.29) is 16.5 Å². The van der Waals surface area contributed by atoms with Gasteiger partial charge in [0.2, 0.25) is 5.91 Å². The van der Waals surface area contributed by atoms with Crippen LogP contribution in [0.25, 0.3) is 0 Å². The summed E-state index contributed by atoms with van der Waals surface area (Å²) in [5, 5.41) is 3.44. The maximum atomic E-state index is 15.2. The van der Waals surface area contributed by atoms with Crippen LogP contribution < -0.4 is 15.5 Å². The van der Waals surface area contributed by atoms with Crippen LogP contribution in [0.3, 0.4) is 0 Å². The lowest BCUT2D eigenvalue weighted by atomic mass is 10.0. The van der Waals surface area contributed by atoms with Crippen molar-refractivity contribution in [2.24, 2.45) is 5.92 Å². The van der Waals surface area contributed by atoms with E-state index >= 15 is 8.78 Å². The van der Waals surface area contributed by atoms with Crippen molar-refractivity contribution in [3.8, 4) is 0 Å². The number of nitrogens with zero attached hydrogens (tertiary/aromatic N) is 1. The summed E-state index contributed by atoms with van der Waals surface area (Å²) >= 11 is 18.4. The van der Waals surface area contributed by atoms with Gasteiger partial charge in [-0.2, -0.15) is 18.1 Å². The number of amides is 4. The Hall–Kier alpha value is -4.28. The first-order valence-corrected chi connectivity index (χ1v) is 16.4. The van der Waals surface area contributed by atoms with Gasteiger partial charge in [-0.3, -0.25) is 9.59 Å². The molecule has 0 heterocycles. The Morgan fingerprint density at radius 2 is 1.32 bits per heavy atom. The van der Waals surface area contributed by atoms with Crippen molar-refractivity contribution in [3.63, 3.8) is 0 Å². The Morgan fingerprint density at radius 1 is 0.755 bits per heavy atom. The lowest BCUT2D eigenvalue weighted by molar-refractivity contribution is -0.140. The number of halogens is 10. The molecule has 53 heavy (non-hydrogen) atoms. The van der Waals surface area contributed by atoms with Crippen molar-refractivity contribution in [3.05, 3.63) is 87.4 Å². The molecule has 4 amide bonds. The van der Waals surface area contributed by atoms with Gasteiger partial charge >= 0.3 is 18.4 Å². The molecule has 1 unspecified atom stereocenters. The van der Waals surface area contributed by atoms with E-state index in [4.69, 9.17) is 44.3 Å². The number of ether oxygens (including phenoxy) is 2. The molecule has 19 heteroatoms. The zero-order valence-corrected chi connectivity index (χ0v) is 30.6. The summed E-state index contributed by atoms with van der Waals surface area (Å²) in [5.74, 6) is -10.8. The molecule has 1 aliphatic rings. The van der Waals surface area contributed by atoms with E-state index in [0.29, 0.717) is 24.3 Å². The fraction of sp³-hybridized carbons (Fsp3) is 0.353. The summed E-state index contributed by atoms with van der Waals surface area (Å²) in [7, 11) is 0. The van der Waals surface area contributed by atoms with Crippen LogP contribution in [0.5, 0.6) is 0 Å². The summed E-state index contributed by atoms with van der Waals surface area (Å²) in [6.45, 7) is 8.71. The second-order valence-corrected chi connectivity index (χ2v) is 15.5. The molecule has 3 aromatic carbocycles. The number of carbonyl (C=O) groups is 4. The van der Waals surface area contributed by atoms with Gasteiger partial charge in [0.15, 0.2) is 5.82 Å². The van der Waals surface area contributed by atoms with Crippen molar-refractivity contribution in [1.29, 1.82) is 0 Å². The lowest BCUT2D eigenvalue weighted by Gasteiger charge is -2.29. The second-order valence-electron chi connectivity index (χ2n) is 13.7. The van der Waals surface area contributed by atoms with Crippen molar-refractivity contribution < 1.29 is 59.4 Å². The number of alkyl halides is 5. The number of anilines is 3. The van der Waals surface area contributed by atoms with Gasteiger partial charge in [0.05, 0.1) is 33.4 Å². The maximum absolute atomic E-state index is 15.2. The van der Waals surface area contributed by atoms with E-state index < -0.39 is 114 Å². The standard InChI is InChI=1S/C34H29Cl3F7N3O6/c1-31(2,3)52-29(50)47(30(51)53-32(4,5)6)23-13-22(19(39)12-20(23)40)46-27(48)16-10-15(11-21(41)26(16)35)45-28(49)25-24(33(25,36)37)14-7-8-18(38)17(9-14)34(42,43)44/h7-13,24-25H,1-6H3,(H,45,49)(H,46,48)/t24?,25-/m1/s1. The largest absolute Gasteiger partial charge is 0.443 e. The highest BCUT2D eigenvalue weighted by atomic mass is 35.5. The van der Waals surface area contributed by atoms with E-state index in [1.807, 2.05) is 5.32 Å². The van der Waals surface area contributed by atoms with Gasteiger partial charge in [0.25, 0.3) is 5.91 Å². The van der Waals surface area contributed by atoms with Gasteiger partial charge in [0.1, 0.15) is 33.0 Å². The minimum atomic E-state index is -5.07. The lowest BCUT2D eigenvalue weighted by Crippen LogP contribution is -2.44. The van der Waals surface area contributed by atoms with Crippen LogP contribution in [0.4, 0.5) is 57.4 Å². The topological polar surface area (TPSA) is 114 Å². The fourth-order valence-corrected chi connectivity index (χ4v) is 5.97. The van der Waals surface area contributed by atoms with Gasteiger partial charge in [-0.05, 0) is 77.4 Å². The van der Waals surface area contributed by atoms with Crippen LogP contribution in [0.2, 0.25) is 5.02 Å². The average Bonchev–Trinajstić information content (AvgIpc) is 3.56. The Kier molecular flexibility index (Phi) is 11.4. The van der Waals surface area contributed by atoms with Gasteiger partial charge in [-0.25, -0.2) is 27.2 Å². The zero-order valence-electron chi connectivity index (χ0n) is 28.4. The maximum Gasteiger partial charge on any atom is 0.424 e. The van der Waals surface area contributed by atoms with E-state index in [9.17, 15) is 41.1 Å². The van der Waals surface area contributed by atoms with E-state index in [2.05, 4.69) is 5.32 Å². The normalized spacial score (nSPS) is 16.8. The molecular formula is C34H29Cl3F7N3O6. The summed E-state index contributed by atoms with van der Waals surface area (Å²) in [6.07, 6.45) is -7.90. The summed E-state index contributed by atoms with van der Waals surface area (Å²) in [6, 6.07) is 4.28. The van der Waals surface area contributed by atoms with Gasteiger partial charge in [-0.1, -0.05) is 17.7 Å². The molecular weight excluding hydrogens is 786 g/mol. The number of rotatable bonds is 6. The summed E-state index contributed by atoms with van der Waals surface area (Å²) in [5.41, 5.74) is -7.12. The zero-order chi connectivity index (χ0) is 40.2. The molecule has 2 N–H and O–H groups in total. The van der Waals surface area contributed by atoms with Crippen LogP contribution in [0, 0.1) is 29.2 Å². The Labute approximate surface area is 312 Å². The molecule has 1 saturated carbocycles. The molecule has 1 aliphatic carbocycles. The molecule has 9 nitrogen and oxygen atoms in total. The highest BCUT2D eigenvalue weighted by molar-refractivity contribution is 6.53. The van der Waals surface area contributed by atoms with Crippen LogP contribution >= 0.6 is 34.8 Å². The van der Waals surface area contributed by atoms with Crippen molar-refractivity contribution in [2.45, 2.75) is 69.2 Å². The van der Waals surface area contributed by atoms with Crippen LogP contribution in [-0.2, 0) is 20.4 Å². The molecule has 2 atom stereocenters. The molecule has 0 radical (unpaired) electrons. The third-order valence-electron chi connectivity index (χ3n) is 7.21. The molecule has 4 rings (SSSR count). The van der Waals surface area contributed by atoms with Crippen molar-refractivity contribution >= 4 is 75.9 Å². The Bertz CT molecular complexity index is 1970. The summed E-state index contributed by atoms with van der Waals surface area (Å²) < 4.78 is 107. The minimum Gasteiger partial charge on any atom is -0.443 e. The Morgan fingerprint density at radius 3 is 1.85 bits per heavy atom. The van der Waals surface area contributed by atoms with Gasteiger partial charge < -0.3 is 20.1 Å². The van der Waals surface area contributed by atoms with E-state index in [1.165, 1.54) is 41.5 Å². The average molecular weight is 815 g/mol. The highest BCUT2D eigenvalue weighted by Gasteiger charge is 2.67. The number of hydrogen-bond acceptors (Lipinski definition) is 6. The molecule has 0 bridgehead atoms. The quantitative estimate of drug-likeness (QED) is 0.189. The van der Waals surface area contributed by atoms with Crippen LogP contribution in [0.15, 0.2) is 42.5 Å². The number of benzene rings is 3. The predicted octanol–water partition coefficient (Wildman–Crippen LogP) is 10.4. The third kappa shape index (κ3) is 9.45. The molecule has 3 aromatic rings. The SMILES string of the molecule is CC(C)(C)OC(=O)N(C(=O)OC(C)(C)C)c1cc(NC(=O)c2cc(NC(=O)[C@H]3C(c4ccc(F)c(C(F)(F)F)c4)C3(Cl)Cl)cc(F)c2Cl)c(F)cc1F. The molecule has 0 saturated heterocycles. The highest BCUT2D eigenvalue weighted by Crippen LogP contribution is 2.65. The van der Waals surface area contributed by atoms with Crippen molar-refractivity contribution in [1.82, 2.24) is 0 Å². The molecule has 1 fully saturated rings. The number of hydrogen-bond donors (Lipinski definition) is 2. The first kappa shape index (κ1) is 41.5. The minimum absolute atomic E-state index is 0.137. The monoisotopic (exact) mass is 813 g/mol. The van der Waals surface area contributed by atoms with Crippen LogP contribution in [0.1, 0.15) is 68.9 Å². The number of nitrogens with one attached hydrogen (secondary N) is 2. The smallest absolute Gasteiger partial charge is 0.424 e. The fourth-order valence-electron chi connectivity index (χ4n) is 4.95. The third-order valence-corrected chi connectivity index (χ3v) is 8.53. The molecule has 286 valence electrons. The summed E-state index contributed by atoms with van der Waals surface area (Å²) in [4.78, 5) is 52.7. The molecule has 0 aliphatic heterocycles. The molecule has 0 spiro atoms.